The summed E-state index contributed by atoms with van der Waals surface area (Å²) in [5.74, 6) is 0.879. The van der Waals surface area contributed by atoms with Crippen molar-refractivity contribution in [2.45, 2.75) is 38.3 Å². The van der Waals surface area contributed by atoms with E-state index >= 15 is 0 Å². The maximum Gasteiger partial charge on any atom is 0.220 e. The van der Waals surface area contributed by atoms with Crippen molar-refractivity contribution >= 4 is 5.91 Å². The molecular weight excluding hydrogens is 318 g/mol. The van der Waals surface area contributed by atoms with E-state index in [9.17, 15) is 4.79 Å². The molecule has 134 valence electrons. The summed E-state index contributed by atoms with van der Waals surface area (Å²) in [4.78, 5) is 11.9. The highest BCUT2D eigenvalue weighted by Crippen LogP contribution is 2.16. The molecule has 6 heteroatoms. The molecule has 2 heterocycles. The van der Waals surface area contributed by atoms with Crippen LogP contribution < -0.4 is 10.1 Å². The molecule has 6 nitrogen and oxygen atoms in total. The average Bonchev–Trinajstić information content (AvgIpc) is 3.29. The Bertz CT molecular complexity index is 675. The van der Waals surface area contributed by atoms with Crippen LogP contribution in [-0.2, 0) is 29.5 Å². The lowest BCUT2D eigenvalue weighted by Gasteiger charge is -2.12. The maximum atomic E-state index is 11.9. The van der Waals surface area contributed by atoms with Crippen molar-refractivity contribution in [2.75, 3.05) is 13.2 Å². The molecule has 1 N–H and O–H groups in total. The second-order valence-corrected chi connectivity index (χ2v) is 6.39. The van der Waals surface area contributed by atoms with Gasteiger partial charge in [0, 0.05) is 32.8 Å². The number of hydrogen-bond donors (Lipinski definition) is 1. The molecule has 1 saturated heterocycles. The number of aryl methyl sites for hydroxylation is 2. The van der Waals surface area contributed by atoms with Crippen LogP contribution in [0.3, 0.4) is 0 Å². The van der Waals surface area contributed by atoms with Crippen LogP contribution in [0.1, 0.15) is 30.4 Å². The molecule has 3 rings (SSSR count). The number of carbonyl (C=O) groups excluding carboxylic acids is 1. The predicted octanol–water partition coefficient (Wildman–Crippen LogP) is 2.23. The fraction of sp³-hybridized carbons (Fsp3) is 0.474. The Morgan fingerprint density at radius 3 is 2.88 bits per heavy atom. The first-order chi connectivity index (χ1) is 12.2. The molecular formula is C19H25N3O3. The Morgan fingerprint density at radius 1 is 1.36 bits per heavy atom. The van der Waals surface area contributed by atoms with E-state index in [1.807, 2.05) is 37.5 Å². The second kappa shape index (κ2) is 8.67. The van der Waals surface area contributed by atoms with Gasteiger partial charge < -0.3 is 14.8 Å². The zero-order valence-corrected chi connectivity index (χ0v) is 14.6. The van der Waals surface area contributed by atoms with E-state index in [4.69, 9.17) is 9.47 Å². The number of amides is 1. The third-order valence-electron chi connectivity index (χ3n) is 4.27. The van der Waals surface area contributed by atoms with Gasteiger partial charge in [0.1, 0.15) is 12.4 Å². The fourth-order valence-corrected chi connectivity index (χ4v) is 2.82. The van der Waals surface area contributed by atoms with Crippen LogP contribution in [0.4, 0.5) is 0 Å². The van der Waals surface area contributed by atoms with Gasteiger partial charge in [0.05, 0.1) is 12.3 Å². The minimum atomic E-state index is 0.0440. The molecule has 1 aliphatic heterocycles. The molecule has 0 radical (unpaired) electrons. The van der Waals surface area contributed by atoms with E-state index in [1.165, 1.54) is 0 Å². The number of ether oxygens (including phenoxy) is 2. The summed E-state index contributed by atoms with van der Waals surface area (Å²) in [6.07, 6.45) is 7.31. The summed E-state index contributed by atoms with van der Waals surface area (Å²) in [7, 11) is 1.87. The summed E-state index contributed by atoms with van der Waals surface area (Å²) in [6.45, 7) is 1.97. The van der Waals surface area contributed by atoms with Crippen LogP contribution in [-0.4, -0.2) is 35.0 Å². The minimum absolute atomic E-state index is 0.0440. The molecule has 1 unspecified atom stereocenters. The third-order valence-corrected chi connectivity index (χ3v) is 4.27. The lowest BCUT2D eigenvalue weighted by atomic mass is 10.2. The Kier molecular flexibility index (Phi) is 6.06. The summed E-state index contributed by atoms with van der Waals surface area (Å²) < 4.78 is 13.0. The summed E-state index contributed by atoms with van der Waals surface area (Å²) in [6, 6.07) is 7.83. The van der Waals surface area contributed by atoms with E-state index in [2.05, 4.69) is 10.4 Å². The van der Waals surface area contributed by atoms with Gasteiger partial charge in [-0.2, -0.15) is 5.10 Å². The number of rotatable bonds is 8. The quantitative estimate of drug-likeness (QED) is 0.798. The summed E-state index contributed by atoms with van der Waals surface area (Å²) in [5.41, 5.74) is 2.13. The van der Waals surface area contributed by atoms with E-state index in [1.54, 1.807) is 10.9 Å². The first kappa shape index (κ1) is 17.5. The van der Waals surface area contributed by atoms with Crippen molar-refractivity contribution in [3.63, 3.8) is 0 Å². The molecule has 1 atom stereocenters. The van der Waals surface area contributed by atoms with Gasteiger partial charge in [0.2, 0.25) is 5.91 Å². The van der Waals surface area contributed by atoms with Crippen molar-refractivity contribution in [1.29, 1.82) is 0 Å². The molecule has 25 heavy (non-hydrogen) atoms. The molecule has 1 amide bonds. The number of hydrogen-bond acceptors (Lipinski definition) is 4. The van der Waals surface area contributed by atoms with E-state index in [-0.39, 0.29) is 12.0 Å². The second-order valence-electron chi connectivity index (χ2n) is 6.39. The Morgan fingerprint density at radius 2 is 2.20 bits per heavy atom. The van der Waals surface area contributed by atoms with E-state index < -0.39 is 0 Å². The fourth-order valence-electron chi connectivity index (χ4n) is 2.82. The highest BCUT2D eigenvalue weighted by Gasteiger charge is 2.15. The average molecular weight is 343 g/mol. The van der Waals surface area contributed by atoms with Crippen LogP contribution >= 0.6 is 0 Å². The smallest absolute Gasteiger partial charge is 0.220 e. The van der Waals surface area contributed by atoms with Gasteiger partial charge >= 0.3 is 0 Å². The van der Waals surface area contributed by atoms with E-state index in [0.29, 0.717) is 26.0 Å². The van der Waals surface area contributed by atoms with Crippen LogP contribution in [0.5, 0.6) is 5.75 Å². The standard InChI is InChI=1S/C19H25N3O3/c1-22-13-16(12-21-22)6-9-19(23)20-11-15-4-7-17(8-5-15)25-14-18-3-2-10-24-18/h4-5,7-8,12-13,18H,2-3,6,9-11,14H2,1H3,(H,20,23). The number of nitrogens with zero attached hydrogens (tertiary/aromatic N) is 2. The van der Waals surface area contributed by atoms with Gasteiger partial charge in [-0.15, -0.1) is 0 Å². The molecule has 2 aromatic rings. The lowest BCUT2D eigenvalue weighted by molar-refractivity contribution is -0.121. The molecule has 1 aromatic heterocycles. The van der Waals surface area contributed by atoms with Gasteiger partial charge in [-0.25, -0.2) is 0 Å². The van der Waals surface area contributed by atoms with Gasteiger partial charge in [-0.3, -0.25) is 9.48 Å². The molecule has 0 saturated carbocycles. The Balaban J connectivity index is 1.36. The summed E-state index contributed by atoms with van der Waals surface area (Å²) in [5, 5.41) is 7.05. The first-order valence-corrected chi connectivity index (χ1v) is 8.76. The SMILES string of the molecule is Cn1cc(CCC(=O)NCc2ccc(OCC3CCCO3)cc2)cn1. The predicted molar refractivity (Wildman–Crippen MR) is 94.3 cm³/mol. The normalized spacial score (nSPS) is 16.8. The summed E-state index contributed by atoms with van der Waals surface area (Å²) >= 11 is 0. The van der Waals surface area contributed by atoms with Gasteiger partial charge in [-0.1, -0.05) is 12.1 Å². The Labute approximate surface area is 148 Å². The molecule has 1 aliphatic rings. The molecule has 0 spiro atoms. The largest absolute Gasteiger partial charge is 0.491 e. The van der Waals surface area contributed by atoms with Crippen LogP contribution in [0, 0.1) is 0 Å². The lowest BCUT2D eigenvalue weighted by Crippen LogP contribution is -2.22. The maximum absolute atomic E-state index is 11.9. The highest BCUT2D eigenvalue weighted by atomic mass is 16.5. The molecule has 0 aliphatic carbocycles. The highest BCUT2D eigenvalue weighted by molar-refractivity contribution is 5.76. The number of nitrogens with one attached hydrogen (secondary N) is 1. The number of carbonyl (C=O) groups is 1. The van der Waals surface area contributed by atoms with Crippen molar-refractivity contribution in [1.82, 2.24) is 15.1 Å². The Hall–Kier alpha value is -2.34. The zero-order chi connectivity index (χ0) is 17.5. The van der Waals surface area contributed by atoms with Crippen molar-refractivity contribution in [2.24, 2.45) is 7.05 Å². The van der Waals surface area contributed by atoms with Crippen LogP contribution in [0.2, 0.25) is 0 Å². The number of benzene rings is 1. The third kappa shape index (κ3) is 5.60. The van der Waals surface area contributed by atoms with Crippen molar-refractivity contribution in [3.8, 4) is 5.75 Å². The first-order valence-electron chi connectivity index (χ1n) is 8.76. The van der Waals surface area contributed by atoms with Crippen molar-refractivity contribution < 1.29 is 14.3 Å². The van der Waals surface area contributed by atoms with Crippen LogP contribution in [0.15, 0.2) is 36.7 Å². The van der Waals surface area contributed by atoms with Gasteiger partial charge in [0.15, 0.2) is 0 Å². The van der Waals surface area contributed by atoms with Gasteiger partial charge in [0.25, 0.3) is 0 Å². The minimum Gasteiger partial charge on any atom is -0.491 e. The van der Waals surface area contributed by atoms with Crippen LogP contribution in [0.25, 0.3) is 0 Å². The van der Waals surface area contributed by atoms with Gasteiger partial charge in [-0.05, 0) is 42.5 Å². The molecule has 1 fully saturated rings. The number of aromatic nitrogens is 2. The zero-order valence-electron chi connectivity index (χ0n) is 14.6. The molecule has 0 bridgehead atoms. The monoisotopic (exact) mass is 343 g/mol. The van der Waals surface area contributed by atoms with E-state index in [0.717, 1.165) is 36.3 Å². The topological polar surface area (TPSA) is 65.4 Å². The van der Waals surface area contributed by atoms with Crippen molar-refractivity contribution in [3.05, 3.63) is 47.8 Å². The molecule has 1 aromatic carbocycles.